The van der Waals surface area contributed by atoms with Crippen molar-refractivity contribution in [2.24, 2.45) is 11.3 Å². The summed E-state index contributed by atoms with van der Waals surface area (Å²) in [4.78, 5) is 20.9. The molecular weight excluding hydrogens is 463 g/mol. The molecule has 4 nitrogen and oxygen atoms in total. The van der Waals surface area contributed by atoms with Crippen LogP contribution in [0.2, 0.25) is 10.0 Å². The average molecular weight is 494 g/mol. The van der Waals surface area contributed by atoms with E-state index in [1.165, 1.54) is 0 Å². The number of anilines is 1. The first kappa shape index (κ1) is 23.9. The van der Waals surface area contributed by atoms with Gasteiger partial charge in [0.15, 0.2) is 5.82 Å². The van der Waals surface area contributed by atoms with Gasteiger partial charge < -0.3 is 4.74 Å². The van der Waals surface area contributed by atoms with Gasteiger partial charge in [-0.15, -0.1) is 11.8 Å². The van der Waals surface area contributed by atoms with E-state index in [9.17, 15) is 4.79 Å². The van der Waals surface area contributed by atoms with Crippen LogP contribution in [0, 0.1) is 11.3 Å². The van der Waals surface area contributed by atoms with E-state index in [0.29, 0.717) is 36.5 Å². The molecule has 1 saturated heterocycles. The molecule has 0 radical (unpaired) electrons. The minimum atomic E-state index is -0.495. The van der Waals surface area contributed by atoms with Gasteiger partial charge in [0, 0.05) is 41.3 Å². The highest BCUT2D eigenvalue weighted by Gasteiger charge is 2.38. The summed E-state index contributed by atoms with van der Waals surface area (Å²) >= 11 is 14.7. The third kappa shape index (κ3) is 5.44. The largest absolute Gasteiger partial charge is 0.381 e. The first-order valence-electron chi connectivity index (χ1n) is 11.2. The molecule has 1 aliphatic heterocycles. The predicted molar refractivity (Wildman–Crippen MR) is 133 cm³/mol. The first-order chi connectivity index (χ1) is 15.2. The molecule has 1 saturated carbocycles. The van der Waals surface area contributed by atoms with Crippen LogP contribution in [0.1, 0.15) is 52.0 Å². The number of halogens is 2. The standard InChI is InChI=1S/C25H30Cl2N2O2S/c1-24(2,3)23(30)29(16-17-4-5-17)22-21(27)14-18(15-28-22)25(10-12-31-13-11-25)32-20-8-6-19(26)7-9-20/h6-9,14-15,17H,4-5,10-13,16H2,1-3H3. The number of thioether (sulfide) groups is 1. The summed E-state index contributed by atoms with van der Waals surface area (Å²) in [6.07, 6.45) is 5.95. The van der Waals surface area contributed by atoms with Crippen LogP contribution in [0.15, 0.2) is 41.4 Å². The number of aromatic nitrogens is 1. The second-order valence-corrected chi connectivity index (χ2v) is 12.1. The number of carbonyl (C=O) groups excluding carboxylic acids is 1. The van der Waals surface area contributed by atoms with E-state index in [1.54, 1.807) is 4.90 Å². The minimum absolute atomic E-state index is 0.0582. The van der Waals surface area contributed by atoms with Crippen molar-refractivity contribution in [3.8, 4) is 0 Å². The number of pyridine rings is 1. The van der Waals surface area contributed by atoms with Crippen molar-refractivity contribution in [1.29, 1.82) is 0 Å². The molecule has 1 aromatic carbocycles. The quantitative estimate of drug-likeness (QED) is 0.436. The second-order valence-electron chi connectivity index (χ2n) is 9.80. The van der Waals surface area contributed by atoms with Gasteiger partial charge in [0.25, 0.3) is 0 Å². The molecule has 0 unspecified atom stereocenters. The number of ether oxygens (including phenoxy) is 1. The van der Waals surface area contributed by atoms with Crippen LogP contribution in [0.5, 0.6) is 0 Å². The lowest BCUT2D eigenvalue weighted by Gasteiger charge is -2.37. The van der Waals surface area contributed by atoms with E-state index < -0.39 is 5.41 Å². The summed E-state index contributed by atoms with van der Waals surface area (Å²) in [6, 6.07) is 9.94. The van der Waals surface area contributed by atoms with Crippen molar-refractivity contribution in [3.63, 3.8) is 0 Å². The number of hydrogen-bond donors (Lipinski definition) is 0. The Labute approximate surface area is 205 Å². The molecule has 2 fully saturated rings. The SMILES string of the molecule is CC(C)(C)C(=O)N(CC1CC1)c1ncc(C2(Sc3ccc(Cl)cc3)CCOCC2)cc1Cl. The van der Waals surface area contributed by atoms with Gasteiger partial charge in [-0.2, -0.15) is 0 Å². The molecule has 2 aromatic rings. The molecule has 0 bridgehead atoms. The predicted octanol–water partition coefficient (Wildman–Crippen LogP) is 6.98. The van der Waals surface area contributed by atoms with E-state index >= 15 is 0 Å². The van der Waals surface area contributed by atoms with E-state index in [0.717, 1.165) is 41.2 Å². The third-order valence-corrected chi connectivity index (χ3v) is 8.13. The number of benzene rings is 1. The van der Waals surface area contributed by atoms with Crippen molar-refractivity contribution in [3.05, 3.63) is 52.1 Å². The number of rotatable bonds is 6. The van der Waals surface area contributed by atoms with Gasteiger partial charge in [0.2, 0.25) is 5.91 Å². The third-order valence-electron chi connectivity index (χ3n) is 6.06. The van der Waals surface area contributed by atoms with Gasteiger partial charge in [-0.05, 0) is 67.5 Å². The molecule has 0 N–H and O–H groups in total. The highest BCUT2D eigenvalue weighted by molar-refractivity contribution is 8.00. The van der Waals surface area contributed by atoms with Gasteiger partial charge in [-0.3, -0.25) is 9.69 Å². The lowest BCUT2D eigenvalue weighted by atomic mass is 9.91. The van der Waals surface area contributed by atoms with Crippen LogP contribution < -0.4 is 4.90 Å². The van der Waals surface area contributed by atoms with Crippen molar-refractivity contribution in [1.82, 2.24) is 4.98 Å². The van der Waals surface area contributed by atoms with Gasteiger partial charge in [-0.1, -0.05) is 44.0 Å². The topological polar surface area (TPSA) is 42.4 Å². The summed E-state index contributed by atoms with van der Waals surface area (Å²) < 4.78 is 5.49. The van der Waals surface area contributed by atoms with Gasteiger partial charge in [0.05, 0.1) is 9.77 Å². The molecule has 7 heteroatoms. The Morgan fingerprint density at radius 3 is 2.41 bits per heavy atom. The zero-order chi connectivity index (χ0) is 22.9. The molecular formula is C25H30Cl2N2O2S. The maximum Gasteiger partial charge on any atom is 0.233 e. The lowest BCUT2D eigenvalue weighted by molar-refractivity contribution is -0.125. The van der Waals surface area contributed by atoms with Gasteiger partial charge in [-0.25, -0.2) is 4.98 Å². The Hall–Kier alpha value is -1.27. The fourth-order valence-electron chi connectivity index (χ4n) is 3.99. The molecule has 0 atom stereocenters. The molecule has 1 amide bonds. The molecule has 1 aromatic heterocycles. The van der Waals surface area contributed by atoms with Crippen molar-refractivity contribution in [2.75, 3.05) is 24.7 Å². The molecule has 32 heavy (non-hydrogen) atoms. The Morgan fingerprint density at radius 1 is 1.19 bits per heavy atom. The van der Waals surface area contributed by atoms with Gasteiger partial charge >= 0.3 is 0 Å². The molecule has 4 rings (SSSR count). The smallest absolute Gasteiger partial charge is 0.233 e. The Kier molecular flexibility index (Phi) is 7.11. The van der Waals surface area contributed by atoms with Crippen LogP contribution in [-0.4, -0.2) is 30.6 Å². The highest BCUT2D eigenvalue weighted by atomic mass is 35.5. The van der Waals surface area contributed by atoms with Crippen LogP contribution in [0.3, 0.4) is 0 Å². The zero-order valence-corrected chi connectivity index (χ0v) is 21.2. The van der Waals surface area contributed by atoms with Crippen LogP contribution in [0.4, 0.5) is 5.82 Å². The summed E-state index contributed by atoms with van der Waals surface area (Å²) in [7, 11) is 0. The second kappa shape index (κ2) is 9.54. The summed E-state index contributed by atoms with van der Waals surface area (Å²) in [5.41, 5.74) is 0.578. The Balaban J connectivity index is 1.67. The summed E-state index contributed by atoms with van der Waals surface area (Å²) in [5, 5.41) is 1.26. The van der Waals surface area contributed by atoms with Crippen LogP contribution in [0.25, 0.3) is 0 Å². The van der Waals surface area contributed by atoms with Crippen LogP contribution >= 0.6 is 35.0 Å². The number of amides is 1. The van der Waals surface area contributed by atoms with Crippen molar-refractivity contribution >= 4 is 46.7 Å². The van der Waals surface area contributed by atoms with Crippen LogP contribution in [-0.2, 0) is 14.3 Å². The highest BCUT2D eigenvalue weighted by Crippen LogP contribution is 2.49. The Bertz CT molecular complexity index is 965. The van der Waals surface area contributed by atoms with Crippen molar-refractivity contribution < 1.29 is 9.53 Å². The fourth-order valence-corrected chi connectivity index (χ4v) is 5.70. The Morgan fingerprint density at radius 2 is 1.84 bits per heavy atom. The number of carbonyl (C=O) groups is 1. The molecule has 2 heterocycles. The summed E-state index contributed by atoms with van der Waals surface area (Å²) in [6.45, 7) is 7.89. The van der Waals surface area contributed by atoms with E-state index in [1.807, 2.05) is 69.1 Å². The molecule has 2 aliphatic rings. The normalized spacial score (nSPS) is 18.4. The monoisotopic (exact) mass is 492 g/mol. The number of nitrogens with zero attached hydrogens (tertiary/aromatic N) is 2. The van der Waals surface area contributed by atoms with E-state index in [-0.39, 0.29) is 10.7 Å². The maximum atomic E-state index is 13.2. The lowest BCUT2D eigenvalue weighted by Crippen LogP contribution is -2.41. The molecule has 172 valence electrons. The molecule has 0 spiro atoms. The summed E-state index contributed by atoms with van der Waals surface area (Å²) in [5.74, 6) is 1.17. The zero-order valence-electron chi connectivity index (χ0n) is 18.9. The van der Waals surface area contributed by atoms with E-state index in [4.69, 9.17) is 32.9 Å². The molecule has 1 aliphatic carbocycles. The van der Waals surface area contributed by atoms with Gasteiger partial charge in [0.1, 0.15) is 0 Å². The first-order valence-corrected chi connectivity index (χ1v) is 12.8. The van der Waals surface area contributed by atoms with Crippen molar-refractivity contribution in [2.45, 2.75) is 56.1 Å². The average Bonchev–Trinajstić information content (AvgIpc) is 3.58. The fraction of sp³-hybridized carbons (Fsp3) is 0.520. The minimum Gasteiger partial charge on any atom is -0.381 e. The van der Waals surface area contributed by atoms with E-state index in [2.05, 4.69) is 0 Å². The maximum absolute atomic E-state index is 13.2. The number of hydrogen-bond acceptors (Lipinski definition) is 4.